The summed E-state index contributed by atoms with van der Waals surface area (Å²) in [5, 5.41) is 19.8. The Kier molecular flexibility index (Phi) is 4.39. The molecule has 0 amide bonds. The van der Waals surface area contributed by atoms with Gasteiger partial charge in [-0.25, -0.2) is 9.18 Å². The van der Waals surface area contributed by atoms with E-state index in [2.05, 4.69) is 4.74 Å². The number of carbonyl (C=O) groups is 1. The second-order valence-electron chi connectivity index (χ2n) is 6.28. The highest BCUT2D eigenvalue weighted by molar-refractivity contribution is 5.89. The molecule has 0 aromatic heterocycles. The fourth-order valence-electron chi connectivity index (χ4n) is 3.29. The van der Waals surface area contributed by atoms with Crippen LogP contribution in [0.5, 0.6) is 0 Å². The number of ether oxygens (including phenoxy) is 1. The van der Waals surface area contributed by atoms with Gasteiger partial charge < -0.3 is 14.9 Å². The molecule has 2 aromatic rings. The van der Waals surface area contributed by atoms with Gasteiger partial charge in [-0.2, -0.15) is 0 Å². The maximum Gasteiger partial charge on any atom is 0.337 e. The largest absolute Gasteiger partial charge is 0.465 e. The zero-order chi connectivity index (χ0) is 17.3. The van der Waals surface area contributed by atoms with Crippen LogP contribution in [0.25, 0.3) is 0 Å². The molecule has 1 aliphatic carbocycles. The lowest BCUT2D eigenvalue weighted by Crippen LogP contribution is -2.25. The molecule has 0 unspecified atom stereocenters. The van der Waals surface area contributed by atoms with Gasteiger partial charge in [0.05, 0.1) is 12.7 Å². The van der Waals surface area contributed by atoms with Gasteiger partial charge in [-0.3, -0.25) is 0 Å². The first-order valence-corrected chi connectivity index (χ1v) is 7.75. The van der Waals surface area contributed by atoms with Gasteiger partial charge in [0.15, 0.2) is 6.29 Å². The molecule has 4 nitrogen and oxygen atoms in total. The third-order valence-electron chi connectivity index (χ3n) is 4.81. The second-order valence-corrected chi connectivity index (χ2v) is 6.28. The minimum Gasteiger partial charge on any atom is -0.465 e. The molecule has 1 fully saturated rings. The fraction of sp³-hybridized carbons (Fsp3) is 0.316. The molecule has 0 heterocycles. The highest BCUT2D eigenvalue weighted by atomic mass is 19.1. The molecule has 1 saturated carbocycles. The van der Waals surface area contributed by atoms with E-state index in [1.165, 1.54) is 19.2 Å². The van der Waals surface area contributed by atoms with Gasteiger partial charge in [-0.1, -0.05) is 24.3 Å². The monoisotopic (exact) mass is 330 g/mol. The van der Waals surface area contributed by atoms with Crippen molar-refractivity contribution in [2.45, 2.75) is 25.0 Å². The number of hydrogen-bond donors (Lipinski definition) is 2. The summed E-state index contributed by atoms with van der Waals surface area (Å²) in [5.41, 5.74) is 1.58. The molecule has 0 spiro atoms. The van der Waals surface area contributed by atoms with Crippen LogP contribution in [0.4, 0.5) is 4.39 Å². The van der Waals surface area contributed by atoms with Gasteiger partial charge in [-0.05, 0) is 54.2 Å². The van der Waals surface area contributed by atoms with Crippen LogP contribution in [0.1, 0.15) is 33.8 Å². The number of methoxy groups -OCH3 is 1. The predicted octanol–water partition coefficient (Wildman–Crippen LogP) is 2.64. The lowest BCUT2D eigenvalue weighted by molar-refractivity contribution is -0.0971. The number of esters is 1. The molecule has 0 bridgehead atoms. The summed E-state index contributed by atoms with van der Waals surface area (Å²) in [7, 11) is 1.33. The van der Waals surface area contributed by atoms with Crippen molar-refractivity contribution >= 4 is 5.97 Å². The first-order chi connectivity index (χ1) is 11.5. The van der Waals surface area contributed by atoms with E-state index < -0.39 is 17.7 Å². The van der Waals surface area contributed by atoms with Crippen LogP contribution >= 0.6 is 0 Å². The van der Waals surface area contributed by atoms with E-state index in [4.69, 9.17) is 0 Å². The molecule has 0 aliphatic heterocycles. The zero-order valence-electron chi connectivity index (χ0n) is 13.3. The maximum atomic E-state index is 13.0. The Bertz CT molecular complexity index is 724. The van der Waals surface area contributed by atoms with Gasteiger partial charge >= 0.3 is 5.97 Å². The summed E-state index contributed by atoms with van der Waals surface area (Å²) < 4.78 is 17.7. The average molecular weight is 330 g/mol. The molecular weight excluding hydrogens is 311 g/mol. The van der Waals surface area contributed by atoms with Crippen molar-refractivity contribution in [3.05, 3.63) is 71.0 Å². The summed E-state index contributed by atoms with van der Waals surface area (Å²) in [6, 6.07) is 13.0. The zero-order valence-corrected chi connectivity index (χ0v) is 13.3. The van der Waals surface area contributed by atoms with Crippen LogP contribution in [0.15, 0.2) is 48.5 Å². The molecule has 2 N–H and O–H groups in total. The predicted molar refractivity (Wildman–Crippen MR) is 85.9 cm³/mol. The summed E-state index contributed by atoms with van der Waals surface area (Å²) in [4.78, 5) is 11.5. The molecule has 126 valence electrons. The minimum atomic E-state index is -1.46. The van der Waals surface area contributed by atoms with E-state index in [-0.39, 0.29) is 11.7 Å². The van der Waals surface area contributed by atoms with Crippen molar-refractivity contribution in [2.24, 2.45) is 5.41 Å². The highest BCUT2D eigenvalue weighted by Gasteiger charge is 2.59. The van der Waals surface area contributed by atoms with Crippen LogP contribution < -0.4 is 0 Å². The van der Waals surface area contributed by atoms with E-state index >= 15 is 0 Å². The first-order valence-electron chi connectivity index (χ1n) is 7.75. The summed E-state index contributed by atoms with van der Waals surface area (Å²) >= 11 is 0. The number of aliphatic hydroxyl groups excluding tert-OH is 1. The second kappa shape index (κ2) is 6.34. The van der Waals surface area contributed by atoms with Crippen LogP contribution in [-0.4, -0.2) is 29.6 Å². The van der Waals surface area contributed by atoms with E-state index in [0.717, 1.165) is 11.1 Å². The van der Waals surface area contributed by atoms with Gasteiger partial charge in [0.25, 0.3) is 0 Å². The molecule has 5 heteroatoms. The van der Waals surface area contributed by atoms with Crippen LogP contribution in [0.2, 0.25) is 0 Å². The number of carbonyl (C=O) groups excluding carboxylic acids is 1. The Morgan fingerprint density at radius 1 is 1.21 bits per heavy atom. The molecule has 0 saturated heterocycles. The SMILES string of the molecule is COC(=O)c1ccc([C@H]2C[C@@]2(Cc2ccc(F)cc2)C(O)O)cc1. The normalized spacial score (nSPS) is 22.5. The molecule has 1 aliphatic rings. The van der Waals surface area contributed by atoms with E-state index in [9.17, 15) is 19.4 Å². The van der Waals surface area contributed by atoms with E-state index in [1.54, 1.807) is 24.3 Å². The highest BCUT2D eigenvalue weighted by Crippen LogP contribution is 2.62. The van der Waals surface area contributed by atoms with Crippen molar-refractivity contribution < 1.29 is 24.1 Å². The quantitative estimate of drug-likeness (QED) is 0.653. The third-order valence-corrected chi connectivity index (χ3v) is 4.81. The van der Waals surface area contributed by atoms with Gasteiger partial charge in [0.2, 0.25) is 0 Å². The minimum absolute atomic E-state index is 0.0192. The Morgan fingerprint density at radius 3 is 2.38 bits per heavy atom. The van der Waals surface area contributed by atoms with Crippen LogP contribution in [0.3, 0.4) is 0 Å². The maximum absolute atomic E-state index is 13.0. The summed E-state index contributed by atoms with van der Waals surface area (Å²) in [5.74, 6) is -0.741. The van der Waals surface area contributed by atoms with Crippen molar-refractivity contribution in [2.75, 3.05) is 7.11 Å². The number of halogens is 1. The average Bonchev–Trinajstić information content (AvgIpc) is 3.32. The third kappa shape index (κ3) is 3.05. The van der Waals surface area contributed by atoms with Gasteiger partial charge in [0, 0.05) is 5.41 Å². The summed E-state index contributed by atoms with van der Waals surface area (Å²) in [6.45, 7) is 0. The molecular formula is C19H19FO4. The lowest BCUT2D eigenvalue weighted by Gasteiger charge is -2.20. The van der Waals surface area contributed by atoms with Crippen LogP contribution in [0, 0.1) is 11.2 Å². The number of benzene rings is 2. The number of hydrogen-bond acceptors (Lipinski definition) is 4. The molecule has 3 rings (SSSR count). The molecule has 2 atom stereocenters. The van der Waals surface area contributed by atoms with E-state index in [0.29, 0.717) is 18.4 Å². The van der Waals surface area contributed by atoms with Gasteiger partial charge in [0.1, 0.15) is 5.82 Å². The molecule has 24 heavy (non-hydrogen) atoms. The van der Waals surface area contributed by atoms with Crippen LogP contribution in [-0.2, 0) is 11.2 Å². The smallest absolute Gasteiger partial charge is 0.337 e. The topological polar surface area (TPSA) is 66.8 Å². The Hall–Kier alpha value is -2.24. The van der Waals surface area contributed by atoms with E-state index in [1.807, 2.05) is 12.1 Å². The summed E-state index contributed by atoms with van der Waals surface area (Å²) in [6.07, 6.45) is -0.388. The Balaban J connectivity index is 1.79. The first kappa shape index (κ1) is 16.6. The lowest BCUT2D eigenvalue weighted by atomic mass is 9.90. The van der Waals surface area contributed by atoms with Crippen molar-refractivity contribution in [3.63, 3.8) is 0 Å². The Labute approximate surface area is 139 Å². The standard InChI is InChI=1S/C19H19FO4/c1-24-17(21)14-6-4-13(5-7-14)16-11-19(16,18(22)23)10-12-2-8-15(20)9-3-12/h2-9,16,18,22-23H,10-11H2,1H3/t16-,19-/m1/s1. The number of rotatable bonds is 5. The fourth-order valence-corrected chi connectivity index (χ4v) is 3.29. The Morgan fingerprint density at radius 2 is 1.83 bits per heavy atom. The van der Waals surface area contributed by atoms with Crippen molar-refractivity contribution in [3.8, 4) is 0 Å². The van der Waals surface area contributed by atoms with Crippen molar-refractivity contribution in [1.29, 1.82) is 0 Å². The number of aliphatic hydroxyl groups is 2. The van der Waals surface area contributed by atoms with Crippen molar-refractivity contribution in [1.82, 2.24) is 0 Å². The van der Waals surface area contributed by atoms with Gasteiger partial charge in [-0.15, -0.1) is 0 Å². The molecule has 2 aromatic carbocycles. The molecule has 0 radical (unpaired) electrons.